The summed E-state index contributed by atoms with van der Waals surface area (Å²) < 4.78 is 39.7. The maximum Gasteiger partial charge on any atom is 0.241 e. The van der Waals surface area contributed by atoms with Gasteiger partial charge in [-0.25, -0.2) is 17.5 Å². The SMILES string of the molecule is Cc1ccc([C@H](C)NS(=O)(=O)c2ccc(F)cc2)cc1. The van der Waals surface area contributed by atoms with E-state index in [4.69, 9.17) is 0 Å². The third-order valence-corrected chi connectivity index (χ3v) is 4.59. The number of sulfonamides is 1. The molecule has 0 aliphatic rings. The van der Waals surface area contributed by atoms with E-state index in [1.807, 2.05) is 31.2 Å². The summed E-state index contributed by atoms with van der Waals surface area (Å²) >= 11 is 0. The van der Waals surface area contributed by atoms with Gasteiger partial charge in [0, 0.05) is 6.04 Å². The van der Waals surface area contributed by atoms with Gasteiger partial charge in [0.1, 0.15) is 5.82 Å². The first kappa shape index (κ1) is 14.7. The molecule has 0 aliphatic carbocycles. The summed E-state index contributed by atoms with van der Waals surface area (Å²) in [7, 11) is -3.65. The lowest BCUT2D eigenvalue weighted by Gasteiger charge is -2.15. The van der Waals surface area contributed by atoms with Crippen molar-refractivity contribution in [3.8, 4) is 0 Å². The Balaban J connectivity index is 2.19. The Labute approximate surface area is 118 Å². The van der Waals surface area contributed by atoms with E-state index in [1.54, 1.807) is 6.92 Å². The third kappa shape index (κ3) is 3.43. The van der Waals surface area contributed by atoms with E-state index >= 15 is 0 Å². The fourth-order valence-corrected chi connectivity index (χ4v) is 3.07. The van der Waals surface area contributed by atoms with Crippen molar-refractivity contribution in [3.05, 3.63) is 65.5 Å². The molecule has 1 atom stereocenters. The molecule has 0 aromatic heterocycles. The first-order valence-electron chi connectivity index (χ1n) is 6.23. The van der Waals surface area contributed by atoms with Gasteiger partial charge >= 0.3 is 0 Å². The van der Waals surface area contributed by atoms with Crippen molar-refractivity contribution in [2.24, 2.45) is 0 Å². The van der Waals surface area contributed by atoms with Gasteiger partial charge in [-0.3, -0.25) is 0 Å². The van der Waals surface area contributed by atoms with Crippen LogP contribution in [0.3, 0.4) is 0 Å². The number of halogens is 1. The summed E-state index contributed by atoms with van der Waals surface area (Å²) in [5.74, 6) is -0.462. The lowest BCUT2D eigenvalue weighted by Crippen LogP contribution is -2.26. The number of benzene rings is 2. The molecule has 3 nitrogen and oxygen atoms in total. The molecule has 0 amide bonds. The first-order valence-corrected chi connectivity index (χ1v) is 7.71. The Bertz CT molecular complexity index is 679. The maximum absolute atomic E-state index is 12.8. The van der Waals surface area contributed by atoms with E-state index in [-0.39, 0.29) is 10.9 Å². The summed E-state index contributed by atoms with van der Waals surface area (Å²) in [6.45, 7) is 3.74. The second kappa shape index (κ2) is 5.73. The van der Waals surface area contributed by atoms with Crippen LogP contribution in [0.5, 0.6) is 0 Å². The van der Waals surface area contributed by atoms with E-state index in [1.165, 1.54) is 12.1 Å². The third-order valence-electron chi connectivity index (χ3n) is 3.03. The van der Waals surface area contributed by atoms with Crippen LogP contribution in [0.1, 0.15) is 24.1 Å². The van der Waals surface area contributed by atoms with Gasteiger partial charge in [-0.2, -0.15) is 0 Å². The van der Waals surface area contributed by atoms with Gasteiger partial charge in [-0.15, -0.1) is 0 Å². The standard InChI is InChI=1S/C15H16FNO2S/c1-11-3-5-13(6-4-11)12(2)17-20(18,19)15-9-7-14(16)8-10-15/h3-10,12,17H,1-2H3/t12-/m0/s1. The van der Waals surface area contributed by atoms with Crippen molar-refractivity contribution in [1.82, 2.24) is 4.72 Å². The number of nitrogens with one attached hydrogen (secondary N) is 1. The average Bonchev–Trinajstić information content (AvgIpc) is 2.39. The quantitative estimate of drug-likeness (QED) is 0.941. The van der Waals surface area contributed by atoms with E-state index < -0.39 is 15.8 Å². The van der Waals surface area contributed by atoms with E-state index in [0.29, 0.717) is 0 Å². The number of aryl methyl sites for hydroxylation is 1. The van der Waals surface area contributed by atoms with Crippen LogP contribution in [-0.4, -0.2) is 8.42 Å². The molecule has 1 N–H and O–H groups in total. The molecule has 2 aromatic carbocycles. The monoisotopic (exact) mass is 293 g/mol. The summed E-state index contributed by atoms with van der Waals surface area (Å²) in [6, 6.07) is 12.0. The zero-order chi connectivity index (χ0) is 14.8. The van der Waals surface area contributed by atoms with Crippen LogP contribution in [0, 0.1) is 12.7 Å². The molecule has 0 unspecified atom stereocenters. The Kier molecular flexibility index (Phi) is 4.20. The zero-order valence-corrected chi connectivity index (χ0v) is 12.1. The smallest absolute Gasteiger partial charge is 0.207 e. The molecule has 2 rings (SSSR count). The predicted octanol–water partition coefficient (Wildman–Crippen LogP) is 3.17. The molecule has 0 spiro atoms. The minimum absolute atomic E-state index is 0.0536. The molecule has 5 heteroatoms. The topological polar surface area (TPSA) is 46.2 Å². The molecule has 0 bridgehead atoms. The lowest BCUT2D eigenvalue weighted by molar-refractivity contribution is 0.566. The highest BCUT2D eigenvalue weighted by Crippen LogP contribution is 2.17. The van der Waals surface area contributed by atoms with Crippen LogP contribution in [0.2, 0.25) is 0 Å². The molecule has 0 heterocycles. The molecule has 106 valence electrons. The molecular formula is C15H16FNO2S. The number of hydrogen-bond donors (Lipinski definition) is 1. The van der Waals surface area contributed by atoms with Crippen LogP contribution in [0.25, 0.3) is 0 Å². The van der Waals surface area contributed by atoms with Crippen molar-refractivity contribution >= 4 is 10.0 Å². The van der Waals surface area contributed by atoms with Crippen molar-refractivity contribution in [2.75, 3.05) is 0 Å². The Morgan fingerprint density at radius 1 is 1.00 bits per heavy atom. The number of hydrogen-bond acceptors (Lipinski definition) is 2. The van der Waals surface area contributed by atoms with Crippen molar-refractivity contribution in [3.63, 3.8) is 0 Å². The second-order valence-electron chi connectivity index (χ2n) is 4.71. The van der Waals surface area contributed by atoms with Crippen LogP contribution in [-0.2, 0) is 10.0 Å². The van der Waals surface area contributed by atoms with Crippen LogP contribution in [0.4, 0.5) is 4.39 Å². The molecule has 0 saturated carbocycles. The van der Waals surface area contributed by atoms with Gasteiger partial charge in [0.2, 0.25) is 10.0 Å². The molecule has 0 fully saturated rings. The van der Waals surface area contributed by atoms with Gasteiger partial charge in [-0.05, 0) is 43.7 Å². The predicted molar refractivity (Wildman–Crippen MR) is 76.3 cm³/mol. The lowest BCUT2D eigenvalue weighted by atomic mass is 10.1. The molecule has 0 aliphatic heterocycles. The molecule has 0 radical (unpaired) electrons. The Morgan fingerprint density at radius 2 is 1.55 bits per heavy atom. The highest BCUT2D eigenvalue weighted by molar-refractivity contribution is 7.89. The van der Waals surface area contributed by atoms with Gasteiger partial charge in [-0.1, -0.05) is 29.8 Å². The van der Waals surface area contributed by atoms with Crippen LogP contribution < -0.4 is 4.72 Å². The summed E-state index contributed by atoms with van der Waals surface area (Å²) in [6.07, 6.45) is 0. The zero-order valence-electron chi connectivity index (χ0n) is 11.3. The van der Waals surface area contributed by atoms with Crippen molar-refractivity contribution in [2.45, 2.75) is 24.8 Å². The molecule has 0 saturated heterocycles. The minimum atomic E-state index is -3.65. The average molecular weight is 293 g/mol. The van der Waals surface area contributed by atoms with Gasteiger partial charge < -0.3 is 0 Å². The summed E-state index contributed by atoms with van der Waals surface area (Å²) in [4.78, 5) is 0.0536. The largest absolute Gasteiger partial charge is 0.241 e. The van der Waals surface area contributed by atoms with Crippen molar-refractivity contribution < 1.29 is 12.8 Å². The number of rotatable bonds is 4. The van der Waals surface area contributed by atoms with Gasteiger partial charge in [0.05, 0.1) is 4.90 Å². The molecule has 20 heavy (non-hydrogen) atoms. The highest BCUT2D eigenvalue weighted by Gasteiger charge is 2.18. The first-order chi connectivity index (χ1) is 9.38. The Morgan fingerprint density at radius 3 is 2.10 bits per heavy atom. The van der Waals surface area contributed by atoms with E-state index in [9.17, 15) is 12.8 Å². The second-order valence-corrected chi connectivity index (χ2v) is 6.42. The highest BCUT2D eigenvalue weighted by atomic mass is 32.2. The Hall–Kier alpha value is -1.72. The fraction of sp³-hybridized carbons (Fsp3) is 0.200. The van der Waals surface area contributed by atoms with Crippen LogP contribution >= 0.6 is 0 Å². The summed E-state index contributed by atoms with van der Waals surface area (Å²) in [5.41, 5.74) is 1.99. The van der Waals surface area contributed by atoms with E-state index in [0.717, 1.165) is 23.3 Å². The van der Waals surface area contributed by atoms with E-state index in [2.05, 4.69) is 4.72 Å². The molecule has 2 aromatic rings. The molecular weight excluding hydrogens is 277 g/mol. The van der Waals surface area contributed by atoms with Crippen molar-refractivity contribution in [1.29, 1.82) is 0 Å². The van der Waals surface area contributed by atoms with Crippen LogP contribution in [0.15, 0.2) is 53.4 Å². The van der Waals surface area contributed by atoms with Gasteiger partial charge in [0.15, 0.2) is 0 Å². The summed E-state index contributed by atoms with van der Waals surface area (Å²) in [5, 5.41) is 0. The minimum Gasteiger partial charge on any atom is -0.207 e. The fourth-order valence-electron chi connectivity index (χ4n) is 1.84. The maximum atomic E-state index is 12.8. The van der Waals surface area contributed by atoms with Gasteiger partial charge in [0.25, 0.3) is 0 Å². The normalized spacial score (nSPS) is 13.2.